The Morgan fingerprint density at radius 3 is 2.25 bits per heavy atom. The van der Waals surface area contributed by atoms with Crippen molar-refractivity contribution in [3.8, 4) is 11.3 Å². The molecule has 1 aliphatic carbocycles. The molecule has 2 aromatic carbocycles. The highest BCUT2D eigenvalue weighted by Crippen LogP contribution is 2.34. The van der Waals surface area contributed by atoms with Crippen LogP contribution in [0.2, 0.25) is 0 Å². The van der Waals surface area contributed by atoms with E-state index in [0.29, 0.717) is 12.2 Å². The fourth-order valence-electron chi connectivity index (χ4n) is 3.81. The van der Waals surface area contributed by atoms with Crippen LogP contribution < -0.4 is 0 Å². The van der Waals surface area contributed by atoms with Gasteiger partial charge in [-0.15, -0.1) is 0 Å². The van der Waals surface area contributed by atoms with E-state index < -0.39 is 10.0 Å². The minimum absolute atomic E-state index is 0.282. The SMILES string of the molecule is CN(Cc1ccccc1)S(=O)(=O)c1cn(C2CCCC2)nc1-c1ccccc1. The Hall–Kier alpha value is -2.44. The third kappa shape index (κ3) is 3.75. The number of sulfonamides is 1. The van der Waals surface area contributed by atoms with Crippen molar-refractivity contribution in [2.24, 2.45) is 0 Å². The van der Waals surface area contributed by atoms with Crippen LogP contribution in [-0.4, -0.2) is 29.6 Å². The standard InChI is InChI=1S/C22H25N3O2S/c1-24(16-18-10-4-2-5-11-18)28(26,27)21-17-25(20-14-8-9-15-20)23-22(21)19-12-6-3-7-13-19/h2-7,10-13,17,20H,8-9,14-16H2,1H3. The minimum atomic E-state index is -3.67. The van der Waals surface area contributed by atoms with Gasteiger partial charge in [0.1, 0.15) is 10.6 Å². The molecule has 1 fully saturated rings. The van der Waals surface area contributed by atoms with Crippen LogP contribution in [0.5, 0.6) is 0 Å². The zero-order valence-electron chi connectivity index (χ0n) is 16.0. The molecule has 0 saturated heterocycles. The van der Waals surface area contributed by atoms with E-state index >= 15 is 0 Å². The van der Waals surface area contributed by atoms with Crippen molar-refractivity contribution < 1.29 is 8.42 Å². The van der Waals surface area contributed by atoms with Gasteiger partial charge in [-0.25, -0.2) is 8.42 Å². The van der Waals surface area contributed by atoms with Crippen molar-refractivity contribution in [1.82, 2.24) is 14.1 Å². The van der Waals surface area contributed by atoms with E-state index in [4.69, 9.17) is 5.10 Å². The van der Waals surface area contributed by atoms with Crippen molar-refractivity contribution >= 4 is 10.0 Å². The zero-order valence-corrected chi connectivity index (χ0v) is 16.8. The topological polar surface area (TPSA) is 55.2 Å². The molecule has 3 aromatic rings. The van der Waals surface area contributed by atoms with Crippen LogP contribution in [-0.2, 0) is 16.6 Å². The van der Waals surface area contributed by atoms with Gasteiger partial charge in [0, 0.05) is 25.4 Å². The number of aromatic nitrogens is 2. The van der Waals surface area contributed by atoms with Gasteiger partial charge in [0.05, 0.1) is 6.04 Å². The van der Waals surface area contributed by atoms with Gasteiger partial charge < -0.3 is 0 Å². The van der Waals surface area contributed by atoms with E-state index in [1.807, 2.05) is 65.3 Å². The lowest BCUT2D eigenvalue weighted by molar-refractivity contribution is 0.460. The van der Waals surface area contributed by atoms with Crippen molar-refractivity contribution in [1.29, 1.82) is 0 Å². The first-order chi connectivity index (χ1) is 13.6. The monoisotopic (exact) mass is 395 g/mol. The second-order valence-corrected chi connectivity index (χ2v) is 9.39. The zero-order chi connectivity index (χ0) is 19.6. The molecule has 0 unspecified atom stereocenters. The first-order valence-electron chi connectivity index (χ1n) is 9.70. The summed E-state index contributed by atoms with van der Waals surface area (Å²) < 4.78 is 30.1. The predicted octanol–water partition coefficient (Wildman–Crippen LogP) is 4.49. The minimum Gasteiger partial charge on any atom is -0.268 e. The summed E-state index contributed by atoms with van der Waals surface area (Å²) in [7, 11) is -2.05. The van der Waals surface area contributed by atoms with Crippen LogP contribution in [0.25, 0.3) is 11.3 Å². The molecule has 0 atom stereocenters. The van der Waals surface area contributed by atoms with Crippen molar-refractivity contribution in [2.75, 3.05) is 7.05 Å². The average Bonchev–Trinajstić information content (AvgIpc) is 3.39. The van der Waals surface area contributed by atoms with E-state index in [-0.39, 0.29) is 10.9 Å². The van der Waals surface area contributed by atoms with Crippen molar-refractivity contribution in [2.45, 2.75) is 43.2 Å². The molecule has 0 N–H and O–H groups in total. The third-order valence-electron chi connectivity index (χ3n) is 5.38. The average molecular weight is 396 g/mol. The van der Waals surface area contributed by atoms with Crippen LogP contribution in [0.4, 0.5) is 0 Å². The Morgan fingerprint density at radius 1 is 1.00 bits per heavy atom. The molecular weight excluding hydrogens is 370 g/mol. The molecule has 5 nitrogen and oxygen atoms in total. The molecule has 0 radical (unpaired) electrons. The lowest BCUT2D eigenvalue weighted by Gasteiger charge is -2.17. The summed E-state index contributed by atoms with van der Waals surface area (Å²) >= 11 is 0. The van der Waals surface area contributed by atoms with Crippen molar-refractivity contribution in [3.05, 3.63) is 72.4 Å². The fourth-order valence-corrected chi connectivity index (χ4v) is 5.11. The summed E-state index contributed by atoms with van der Waals surface area (Å²) in [5.41, 5.74) is 2.32. The Kier molecular flexibility index (Phi) is 5.33. The molecule has 0 bridgehead atoms. The number of hydrogen-bond donors (Lipinski definition) is 0. The van der Waals surface area contributed by atoms with E-state index in [9.17, 15) is 8.42 Å². The predicted molar refractivity (Wildman–Crippen MR) is 110 cm³/mol. The van der Waals surface area contributed by atoms with Gasteiger partial charge in [-0.3, -0.25) is 4.68 Å². The van der Waals surface area contributed by atoms with Crippen LogP contribution in [0.15, 0.2) is 71.8 Å². The molecule has 1 aliphatic rings. The second-order valence-electron chi connectivity index (χ2n) is 7.37. The quantitative estimate of drug-likeness (QED) is 0.618. The number of rotatable bonds is 6. The number of nitrogens with zero attached hydrogens (tertiary/aromatic N) is 3. The summed E-state index contributed by atoms with van der Waals surface area (Å²) in [6, 6.07) is 19.5. The van der Waals surface area contributed by atoms with Crippen LogP contribution in [0.3, 0.4) is 0 Å². The maximum absolute atomic E-state index is 13.4. The largest absolute Gasteiger partial charge is 0.268 e. The van der Waals surface area contributed by atoms with Crippen LogP contribution in [0.1, 0.15) is 37.3 Å². The highest BCUT2D eigenvalue weighted by molar-refractivity contribution is 7.89. The van der Waals surface area contributed by atoms with E-state index in [2.05, 4.69) is 0 Å². The Balaban J connectivity index is 1.74. The van der Waals surface area contributed by atoms with Gasteiger partial charge >= 0.3 is 0 Å². The maximum atomic E-state index is 13.4. The summed E-state index contributed by atoms with van der Waals surface area (Å²) in [5, 5.41) is 4.73. The van der Waals surface area contributed by atoms with Gasteiger partial charge in [-0.05, 0) is 18.4 Å². The van der Waals surface area contributed by atoms with Crippen molar-refractivity contribution in [3.63, 3.8) is 0 Å². The highest BCUT2D eigenvalue weighted by Gasteiger charge is 2.30. The fraction of sp³-hybridized carbons (Fsp3) is 0.318. The molecule has 0 amide bonds. The first kappa shape index (κ1) is 18.9. The smallest absolute Gasteiger partial charge is 0.246 e. The molecular formula is C22H25N3O2S. The summed E-state index contributed by atoms with van der Waals surface area (Å²) in [6.45, 7) is 0.325. The van der Waals surface area contributed by atoms with Crippen LogP contribution >= 0.6 is 0 Å². The van der Waals surface area contributed by atoms with E-state index in [0.717, 1.165) is 24.0 Å². The lowest BCUT2D eigenvalue weighted by atomic mass is 10.2. The summed E-state index contributed by atoms with van der Waals surface area (Å²) in [6.07, 6.45) is 6.17. The molecule has 1 heterocycles. The lowest BCUT2D eigenvalue weighted by Crippen LogP contribution is -2.26. The molecule has 146 valence electrons. The molecule has 6 heteroatoms. The Labute approximate surface area is 166 Å². The van der Waals surface area contributed by atoms with Gasteiger partial charge in [-0.1, -0.05) is 73.5 Å². The molecule has 28 heavy (non-hydrogen) atoms. The second kappa shape index (κ2) is 7.89. The third-order valence-corrected chi connectivity index (χ3v) is 7.19. The molecule has 0 aliphatic heterocycles. The van der Waals surface area contributed by atoms with Gasteiger partial charge in [0.25, 0.3) is 0 Å². The Bertz CT molecular complexity index is 1020. The van der Waals surface area contributed by atoms with Crippen LogP contribution in [0, 0.1) is 0 Å². The molecule has 1 saturated carbocycles. The molecule has 4 rings (SSSR count). The number of hydrogen-bond acceptors (Lipinski definition) is 3. The van der Waals surface area contributed by atoms with E-state index in [1.165, 1.54) is 17.1 Å². The maximum Gasteiger partial charge on any atom is 0.246 e. The molecule has 0 spiro atoms. The molecule has 1 aromatic heterocycles. The Morgan fingerprint density at radius 2 is 1.61 bits per heavy atom. The van der Waals surface area contributed by atoms with Gasteiger partial charge in [-0.2, -0.15) is 9.40 Å². The van der Waals surface area contributed by atoms with E-state index in [1.54, 1.807) is 13.2 Å². The van der Waals surface area contributed by atoms with Gasteiger partial charge in [0.15, 0.2) is 0 Å². The van der Waals surface area contributed by atoms with Gasteiger partial charge in [0.2, 0.25) is 10.0 Å². The summed E-state index contributed by atoms with van der Waals surface area (Å²) in [5.74, 6) is 0. The normalized spacial score (nSPS) is 15.4. The number of benzene rings is 2. The first-order valence-corrected chi connectivity index (χ1v) is 11.1. The highest BCUT2D eigenvalue weighted by atomic mass is 32.2. The summed E-state index contributed by atoms with van der Waals surface area (Å²) in [4.78, 5) is 0.282.